The molecular formula is C24H26N4O3. The molecule has 2 amide bonds. The minimum atomic E-state index is -0.702. The summed E-state index contributed by atoms with van der Waals surface area (Å²) in [7, 11) is 1.77. The third-order valence-corrected chi connectivity index (χ3v) is 6.63. The fourth-order valence-corrected chi connectivity index (χ4v) is 5.04. The van der Waals surface area contributed by atoms with E-state index in [1.54, 1.807) is 29.2 Å². The number of pyridine rings is 2. The van der Waals surface area contributed by atoms with Crippen LogP contribution in [-0.4, -0.2) is 56.9 Å². The largest absolute Gasteiger partial charge is 0.360 e. The molecule has 3 aliphatic heterocycles. The lowest BCUT2D eigenvalue weighted by Gasteiger charge is -2.27. The number of nitrogens with zero attached hydrogens (tertiary/aromatic N) is 4. The Morgan fingerprint density at radius 3 is 2.87 bits per heavy atom. The average molecular weight is 418 g/mol. The summed E-state index contributed by atoms with van der Waals surface area (Å²) < 4.78 is 6.23. The van der Waals surface area contributed by atoms with Gasteiger partial charge in [-0.15, -0.1) is 0 Å². The average Bonchev–Trinajstić information content (AvgIpc) is 3.43. The number of aryl methyl sites for hydroxylation is 1. The number of ether oxygens (including phenoxy) is 1. The topological polar surface area (TPSA) is 75.6 Å². The van der Waals surface area contributed by atoms with E-state index in [-0.39, 0.29) is 17.9 Å². The summed E-state index contributed by atoms with van der Waals surface area (Å²) in [5.74, 6) is -1.08. The number of rotatable bonds is 6. The van der Waals surface area contributed by atoms with Gasteiger partial charge in [0.15, 0.2) is 0 Å². The van der Waals surface area contributed by atoms with Gasteiger partial charge >= 0.3 is 0 Å². The third-order valence-electron chi connectivity index (χ3n) is 6.63. The second kappa shape index (κ2) is 7.57. The summed E-state index contributed by atoms with van der Waals surface area (Å²) in [5.41, 5.74) is 2.26. The Morgan fingerprint density at radius 2 is 2.16 bits per heavy atom. The number of hydrogen-bond donors (Lipinski definition) is 0. The maximum Gasteiger partial charge on any atom is 0.230 e. The van der Waals surface area contributed by atoms with Crippen LogP contribution in [0.4, 0.5) is 0 Å². The van der Waals surface area contributed by atoms with Gasteiger partial charge in [-0.25, -0.2) is 0 Å². The van der Waals surface area contributed by atoms with Crippen LogP contribution < -0.4 is 0 Å². The van der Waals surface area contributed by atoms with Crippen LogP contribution >= 0.6 is 0 Å². The van der Waals surface area contributed by atoms with Crippen molar-refractivity contribution in [2.24, 2.45) is 11.8 Å². The molecule has 7 nitrogen and oxygen atoms in total. The Kier molecular flexibility index (Phi) is 4.85. The van der Waals surface area contributed by atoms with Gasteiger partial charge in [-0.05, 0) is 29.7 Å². The predicted octanol–water partition coefficient (Wildman–Crippen LogP) is 1.98. The van der Waals surface area contributed by atoms with Gasteiger partial charge in [0.25, 0.3) is 0 Å². The molecule has 0 radical (unpaired) electrons. The molecule has 160 valence electrons. The summed E-state index contributed by atoms with van der Waals surface area (Å²) in [5, 5.41) is 0. The summed E-state index contributed by atoms with van der Waals surface area (Å²) in [6.07, 6.45) is 9.84. The first-order valence-electron chi connectivity index (χ1n) is 10.7. The highest BCUT2D eigenvalue weighted by atomic mass is 16.5. The van der Waals surface area contributed by atoms with Crippen LogP contribution in [0.15, 0.2) is 55.0 Å². The highest BCUT2D eigenvalue weighted by Gasteiger charge is 2.67. The van der Waals surface area contributed by atoms with Crippen molar-refractivity contribution in [1.29, 1.82) is 0 Å². The Labute approximate surface area is 181 Å². The van der Waals surface area contributed by atoms with E-state index in [4.69, 9.17) is 4.74 Å². The zero-order chi connectivity index (χ0) is 21.6. The van der Waals surface area contributed by atoms with E-state index in [1.807, 2.05) is 42.6 Å². The summed E-state index contributed by atoms with van der Waals surface area (Å²) in [6.45, 7) is 3.42. The molecule has 5 heterocycles. The summed E-state index contributed by atoms with van der Waals surface area (Å²) in [4.78, 5) is 38.8. The molecule has 3 aliphatic rings. The van der Waals surface area contributed by atoms with Crippen LogP contribution in [0.1, 0.15) is 23.7 Å². The summed E-state index contributed by atoms with van der Waals surface area (Å²) in [6, 6.07) is 7.81. The standard InChI is InChI=1S/C24H26N4O3/c1-3-16-6-7-18(26-12-16)14-27(2)22(29)20-19-8-9-24(31-19)15-28(23(30)21(20)24)13-17-5-4-10-25-11-17/h4-12,19-21H,3,13-15H2,1-2H3/t19-,20-,21+,24-/m0/s1. The molecule has 0 unspecified atom stereocenters. The third kappa shape index (κ3) is 3.33. The Hall–Kier alpha value is -3.06. The Bertz CT molecular complexity index is 1020. The second-order valence-electron chi connectivity index (χ2n) is 8.66. The number of hydrogen-bond acceptors (Lipinski definition) is 5. The molecule has 31 heavy (non-hydrogen) atoms. The molecular weight excluding hydrogens is 392 g/mol. The van der Waals surface area contributed by atoms with Crippen molar-refractivity contribution >= 4 is 11.8 Å². The fourth-order valence-electron chi connectivity index (χ4n) is 5.04. The molecule has 2 aromatic heterocycles. The van der Waals surface area contributed by atoms with Crippen molar-refractivity contribution in [3.63, 3.8) is 0 Å². The van der Waals surface area contributed by atoms with Crippen LogP contribution in [0, 0.1) is 11.8 Å². The molecule has 1 spiro atoms. The first kappa shape index (κ1) is 19.9. The number of carbonyl (C=O) groups is 2. The van der Waals surface area contributed by atoms with E-state index in [0.717, 1.165) is 23.2 Å². The molecule has 0 N–H and O–H groups in total. The molecule has 2 saturated heterocycles. The van der Waals surface area contributed by atoms with Crippen LogP contribution in [0.25, 0.3) is 0 Å². The van der Waals surface area contributed by atoms with Gasteiger partial charge in [-0.3, -0.25) is 19.6 Å². The lowest BCUT2D eigenvalue weighted by molar-refractivity contribution is -0.142. The molecule has 0 aliphatic carbocycles. The van der Waals surface area contributed by atoms with Gasteiger partial charge in [0.2, 0.25) is 11.8 Å². The van der Waals surface area contributed by atoms with Gasteiger partial charge in [-0.2, -0.15) is 0 Å². The number of likely N-dealkylation sites (tertiary alicyclic amines) is 1. The van der Waals surface area contributed by atoms with Crippen molar-refractivity contribution in [2.75, 3.05) is 13.6 Å². The van der Waals surface area contributed by atoms with E-state index in [9.17, 15) is 9.59 Å². The van der Waals surface area contributed by atoms with Crippen LogP contribution in [0.2, 0.25) is 0 Å². The van der Waals surface area contributed by atoms with E-state index in [2.05, 4.69) is 16.9 Å². The number of fused-ring (bicyclic) bond motifs is 1. The van der Waals surface area contributed by atoms with E-state index < -0.39 is 17.4 Å². The maximum atomic E-state index is 13.4. The normalized spacial score (nSPS) is 28.3. The van der Waals surface area contributed by atoms with Crippen LogP contribution in [-0.2, 0) is 33.8 Å². The molecule has 2 aromatic rings. The van der Waals surface area contributed by atoms with E-state index in [0.29, 0.717) is 19.6 Å². The fraction of sp³-hybridized carbons (Fsp3) is 0.417. The number of carbonyl (C=O) groups excluding carboxylic acids is 2. The predicted molar refractivity (Wildman–Crippen MR) is 113 cm³/mol. The van der Waals surface area contributed by atoms with Crippen LogP contribution in [0.3, 0.4) is 0 Å². The zero-order valence-electron chi connectivity index (χ0n) is 17.8. The van der Waals surface area contributed by atoms with Crippen molar-refractivity contribution in [1.82, 2.24) is 19.8 Å². The highest BCUT2D eigenvalue weighted by molar-refractivity contribution is 5.93. The summed E-state index contributed by atoms with van der Waals surface area (Å²) >= 11 is 0. The minimum absolute atomic E-state index is 0.0205. The van der Waals surface area contributed by atoms with Crippen molar-refractivity contribution < 1.29 is 14.3 Å². The molecule has 5 rings (SSSR count). The van der Waals surface area contributed by atoms with Crippen molar-refractivity contribution in [2.45, 2.75) is 38.1 Å². The quantitative estimate of drug-likeness (QED) is 0.671. The van der Waals surface area contributed by atoms with Crippen molar-refractivity contribution in [3.8, 4) is 0 Å². The van der Waals surface area contributed by atoms with Gasteiger partial charge in [0, 0.05) is 32.2 Å². The number of aromatic nitrogens is 2. The molecule has 0 saturated carbocycles. The molecule has 0 aromatic carbocycles. The van der Waals surface area contributed by atoms with Gasteiger partial charge in [-0.1, -0.05) is 31.2 Å². The van der Waals surface area contributed by atoms with E-state index >= 15 is 0 Å². The molecule has 7 heteroatoms. The maximum absolute atomic E-state index is 13.4. The van der Waals surface area contributed by atoms with Gasteiger partial charge < -0.3 is 14.5 Å². The van der Waals surface area contributed by atoms with Crippen molar-refractivity contribution in [3.05, 3.63) is 71.8 Å². The lowest BCUT2D eigenvalue weighted by atomic mass is 9.76. The first-order valence-corrected chi connectivity index (χ1v) is 10.7. The zero-order valence-corrected chi connectivity index (χ0v) is 17.8. The second-order valence-corrected chi connectivity index (χ2v) is 8.66. The SMILES string of the molecule is CCc1ccc(CN(C)C(=O)[C@H]2[C@@H]3C=C[C@@]4(CN(Cc5cccnc5)C(=O)[C@@H]24)O3)nc1. The smallest absolute Gasteiger partial charge is 0.230 e. The Morgan fingerprint density at radius 1 is 1.29 bits per heavy atom. The molecule has 2 bridgehead atoms. The van der Waals surface area contributed by atoms with Gasteiger partial charge in [0.05, 0.1) is 36.7 Å². The van der Waals surface area contributed by atoms with Gasteiger partial charge in [0.1, 0.15) is 5.60 Å². The highest BCUT2D eigenvalue weighted by Crippen LogP contribution is 2.52. The monoisotopic (exact) mass is 418 g/mol. The molecule has 4 atom stereocenters. The minimum Gasteiger partial charge on any atom is -0.360 e. The van der Waals surface area contributed by atoms with Crippen LogP contribution in [0.5, 0.6) is 0 Å². The molecule has 2 fully saturated rings. The van der Waals surface area contributed by atoms with E-state index in [1.165, 1.54) is 0 Å². The first-order chi connectivity index (χ1) is 15.0. The Balaban J connectivity index is 1.33. The number of amides is 2. The lowest BCUT2D eigenvalue weighted by Crippen LogP contribution is -2.44.